The van der Waals surface area contributed by atoms with Crippen LogP contribution in [0.25, 0.3) is 17.0 Å². The Morgan fingerprint density at radius 1 is 1.19 bits per heavy atom. The molecule has 0 saturated heterocycles. The van der Waals surface area contributed by atoms with Crippen molar-refractivity contribution in [2.24, 2.45) is 0 Å². The number of H-pyrrole nitrogens is 1. The van der Waals surface area contributed by atoms with Crippen LogP contribution in [0, 0.1) is 6.92 Å². The van der Waals surface area contributed by atoms with Crippen LogP contribution in [0.3, 0.4) is 0 Å². The average molecular weight is 437 g/mol. The van der Waals surface area contributed by atoms with Crippen molar-refractivity contribution in [2.75, 3.05) is 25.3 Å². The molecule has 5 rings (SSSR count). The summed E-state index contributed by atoms with van der Waals surface area (Å²) in [6.07, 6.45) is 2.98. The molecule has 11 heteroatoms. The monoisotopic (exact) mass is 437 g/mol. The van der Waals surface area contributed by atoms with Gasteiger partial charge in [-0.25, -0.2) is 15.0 Å². The fraction of sp³-hybridized carbons (Fsp3) is 0.250. The zero-order valence-corrected chi connectivity index (χ0v) is 17.9. The zero-order valence-electron chi connectivity index (χ0n) is 17.0. The molecule has 1 amide bonds. The number of carbonyl (C=O) groups is 1. The Bertz CT molecular complexity index is 1300. The van der Waals surface area contributed by atoms with Gasteiger partial charge in [-0.05, 0) is 13.0 Å². The molecular formula is C20H19N7O3S. The third-order valence-electron chi connectivity index (χ3n) is 5.13. The number of imidazole rings is 1. The Morgan fingerprint density at radius 2 is 2.06 bits per heavy atom. The second kappa shape index (κ2) is 7.58. The van der Waals surface area contributed by atoms with E-state index in [1.807, 2.05) is 25.1 Å². The van der Waals surface area contributed by atoms with Gasteiger partial charge >= 0.3 is 0 Å². The van der Waals surface area contributed by atoms with Crippen LogP contribution in [0.2, 0.25) is 0 Å². The Morgan fingerprint density at radius 3 is 2.87 bits per heavy atom. The van der Waals surface area contributed by atoms with Crippen molar-refractivity contribution < 1.29 is 14.3 Å². The highest BCUT2D eigenvalue weighted by molar-refractivity contribution is 8.00. The molecule has 1 aliphatic heterocycles. The number of ether oxygens (including phenoxy) is 2. The number of nitrogens with zero attached hydrogens (tertiary/aromatic N) is 5. The van der Waals surface area contributed by atoms with Crippen LogP contribution in [-0.2, 0) is 4.79 Å². The molecule has 0 aliphatic carbocycles. The molecule has 158 valence electrons. The van der Waals surface area contributed by atoms with Gasteiger partial charge in [-0.2, -0.15) is 9.78 Å². The quantitative estimate of drug-likeness (QED) is 0.500. The molecule has 10 nitrogen and oxygen atoms in total. The van der Waals surface area contributed by atoms with E-state index in [9.17, 15) is 4.79 Å². The molecule has 0 saturated carbocycles. The summed E-state index contributed by atoms with van der Waals surface area (Å²) in [7, 11) is 3.23. The number of methoxy groups -OCH3 is 2. The summed E-state index contributed by atoms with van der Waals surface area (Å²) in [4.78, 5) is 28.4. The maximum Gasteiger partial charge on any atom is 0.235 e. The first kappa shape index (κ1) is 19.4. The number of hydrogen-bond acceptors (Lipinski definition) is 8. The number of nitrogens with one attached hydrogen (secondary N) is 2. The van der Waals surface area contributed by atoms with Gasteiger partial charge < -0.3 is 19.8 Å². The van der Waals surface area contributed by atoms with Crippen molar-refractivity contribution in [2.45, 2.75) is 12.2 Å². The molecule has 4 aromatic rings. The number of thioether (sulfide) groups is 1. The molecule has 0 fully saturated rings. The van der Waals surface area contributed by atoms with E-state index in [0.29, 0.717) is 34.3 Å². The minimum atomic E-state index is -0.178. The van der Waals surface area contributed by atoms with E-state index < -0.39 is 0 Å². The normalized spacial score (nSPS) is 16.0. The predicted molar refractivity (Wildman–Crippen MR) is 116 cm³/mol. The molecule has 0 radical (unpaired) electrons. The van der Waals surface area contributed by atoms with Crippen molar-refractivity contribution in [1.82, 2.24) is 29.7 Å². The van der Waals surface area contributed by atoms with Gasteiger partial charge in [0.25, 0.3) is 0 Å². The lowest BCUT2D eigenvalue weighted by Crippen LogP contribution is -2.16. The summed E-state index contributed by atoms with van der Waals surface area (Å²) in [6, 6.07) is 5.69. The van der Waals surface area contributed by atoms with Crippen molar-refractivity contribution >= 4 is 34.7 Å². The minimum Gasteiger partial charge on any atom is -0.497 e. The number of hydrogen-bond donors (Lipinski definition) is 2. The number of fused-ring (bicyclic) bond motifs is 2. The van der Waals surface area contributed by atoms with Crippen LogP contribution in [0.5, 0.6) is 11.5 Å². The first-order chi connectivity index (χ1) is 15.1. The summed E-state index contributed by atoms with van der Waals surface area (Å²) in [5, 5.41) is 7.55. The Kier molecular flexibility index (Phi) is 4.74. The Labute approximate surface area is 181 Å². The third-order valence-corrected chi connectivity index (χ3v) is 6.39. The molecule has 0 bridgehead atoms. The molecule has 0 spiro atoms. The first-order valence-electron chi connectivity index (χ1n) is 9.48. The lowest BCUT2D eigenvalue weighted by Gasteiger charge is -2.19. The van der Waals surface area contributed by atoms with E-state index >= 15 is 0 Å². The van der Waals surface area contributed by atoms with Gasteiger partial charge in [0.05, 0.1) is 37.2 Å². The molecular weight excluding hydrogens is 418 g/mol. The molecule has 0 unspecified atom stereocenters. The third kappa shape index (κ3) is 3.17. The molecule has 1 aliphatic rings. The van der Waals surface area contributed by atoms with Crippen LogP contribution in [0.1, 0.15) is 22.1 Å². The first-order valence-corrected chi connectivity index (χ1v) is 10.5. The van der Waals surface area contributed by atoms with E-state index in [4.69, 9.17) is 14.6 Å². The Balaban J connectivity index is 1.72. The lowest BCUT2D eigenvalue weighted by molar-refractivity contribution is -0.113. The topological polar surface area (TPSA) is 120 Å². The largest absolute Gasteiger partial charge is 0.497 e. The number of aromatic amines is 1. The number of rotatable bonds is 4. The van der Waals surface area contributed by atoms with Crippen molar-refractivity contribution in [3.63, 3.8) is 0 Å². The number of anilines is 1. The standard InChI is InChI=1S/C20H19N7O3S/c1-10-15-17(12-5-4-11(29-2)6-13(12)30-3)31-7-14(28)25-19(15)27(26-10)20-16-18(22-8-21-16)23-9-24-20/h4-6,8-9,17H,7H2,1-3H3,(H,25,28)(H,21,22,23,24)/t17-/m0/s1. The summed E-state index contributed by atoms with van der Waals surface area (Å²) < 4.78 is 12.6. The maximum atomic E-state index is 12.6. The molecule has 31 heavy (non-hydrogen) atoms. The summed E-state index contributed by atoms with van der Waals surface area (Å²) in [5.41, 5.74) is 3.76. The van der Waals surface area contributed by atoms with Gasteiger partial charge in [0, 0.05) is 17.2 Å². The predicted octanol–water partition coefficient (Wildman–Crippen LogP) is 2.64. The van der Waals surface area contributed by atoms with Crippen LogP contribution >= 0.6 is 11.8 Å². The second-order valence-corrected chi connectivity index (χ2v) is 8.00. The second-order valence-electron chi connectivity index (χ2n) is 6.91. The average Bonchev–Trinajstić information content (AvgIpc) is 3.34. The van der Waals surface area contributed by atoms with Gasteiger partial charge in [0.15, 0.2) is 11.5 Å². The van der Waals surface area contributed by atoms with Gasteiger partial charge in [-0.1, -0.05) is 6.07 Å². The highest BCUT2D eigenvalue weighted by Gasteiger charge is 2.33. The van der Waals surface area contributed by atoms with Gasteiger partial charge in [0.1, 0.15) is 29.2 Å². The fourth-order valence-electron chi connectivity index (χ4n) is 3.73. The lowest BCUT2D eigenvalue weighted by atomic mass is 10.0. The SMILES string of the molecule is COc1ccc([C@@H]2SCC(=O)Nc3c2c(C)nn3-c2ncnc3nc[nH]c23)c(OC)c1. The highest BCUT2D eigenvalue weighted by atomic mass is 32.2. The van der Waals surface area contributed by atoms with Crippen LogP contribution in [0.15, 0.2) is 30.9 Å². The molecule has 1 atom stereocenters. The summed E-state index contributed by atoms with van der Waals surface area (Å²) in [5.74, 6) is 2.64. The van der Waals surface area contributed by atoms with E-state index in [0.717, 1.165) is 16.8 Å². The summed E-state index contributed by atoms with van der Waals surface area (Å²) >= 11 is 1.52. The molecule has 2 N–H and O–H groups in total. The molecule has 1 aromatic carbocycles. The van der Waals surface area contributed by atoms with Gasteiger partial charge in [-0.15, -0.1) is 11.8 Å². The number of aromatic nitrogens is 6. The fourth-order valence-corrected chi connectivity index (χ4v) is 4.94. The van der Waals surface area contributed by atoms with E-state index in [1.165, 1.54) is 18.1 Å². The van der Waals surface area contributed by atoms with Crippen LogP contribution in [0.4, 0.5) is 5.82 Å². The van der Waals surface area contributed by atoms with E-state index in [2.05, 4.69) is 25.3 Å². The number of benzene rings is 1. The summed E-state index contributed by atoms with van der Waals surface area (Å²) in [6.45, 7) is 1.92. The number of amides is 1. The molecule has 3 aromatic heterocycles. The maximum absolute atomic E-state index is 12.6. The van der Waals surface area contributed by atoms with E-state index in [-0.39, 0.29) is 16.9 Å². The number of aryl methyl sites for hydroxylation is 1. The van der Waals surface area contributed by atoms with Gasteiger partial charge in [-0.3, -0.25) is 4.79 Å². The zero-order chi connectivity index (χ0) is 21.5. The van der Waals surface area contributed by atoms with Crippen LogP contribution < -0.4 is 14.8 Å². The van der Waals surface area contributed by atoms with E-state index in [1.54, 1.807) is 25.2 Å². The van der Waals surface area contributed by atoms with Gasteiger partial charge in [0.2, 0.25) is 5.91 Å². The Hall–Kier alpha value is -3.60. The van der Waals surface area contributed by atoms with Crippen molar-refractivity contribution in [3.8, 4) is 17.3 Å². The molecule has 4 heterocycles. The van der Waals surface area contributed by atoms with Crippen molar-refractivity contribution in [3.05, 3.63) is 47.7 Å². The number of carbonyl (C=O) groups excluding carboxylic acids is 1. The smallest absolute Gasteiger partial charge is 0.235 e. The minimum absolute atomic E-state index is 0.114. The highest BCUT2D eigenvalue weighted by Crippen LogP contribution is 2.47. The van der Waals surface area contributed by atoms with Crippen LogP contribution in [-0.4, -0.2) is 55.6 Å². The van der Waals surface area contributed by atoms with Crippen molar-refractivity contribution in [1.29, 1.82) is 0 Å².